The van der Waals surface area contributed by atoms with Crippen LogP contribution in [0.25, 0.3) is 0 Å². The Labute approximate surface area is 156 Å². The standard InChI is InChI=1S/C19H21BrN2O3/c1-24-16-8-6-15(7-9-16)21-10-12-22(13-11-21)19(23)14-25-18-5-3-2-4-17(18)20/h2-9H,10-14H2,1H3. The Morgan fingerprint density at radius 2 is 1.72 bits per heavy atom. The Hall–Kier alpha value is -2.21. The average Bonchev–Trinajstić information content (AvgIpc) is 2.67. The molecule has 1 heterocycles. The summed E-state index contributed by atoms with van der Waals surface area (Å²) < 4.78 is 11.7. The van der Waals surface area contributed by atoms with Gasteiger partial charge in [0.2, 0.25) is 0 Å². The molecule has 1 amide bonds. The van der Waals surface area contributed by atoms with Gasteiger partial charge in [0.15, 0.2) is 6.61 Å². The highest BCUT2D eigenvalue weighted by Crippen LogP contribution is 2.24. The molecular formula is C19H21BrN2O3. The molecule has 0 spiro atoms. The van der Waals surface area contributed by atoms with Gasteiger partial charge in [-0.15, -0.1) is 0 Å². The van der Waals surface area contributed by atoms with Crippen LogP contribution in [-0.2, 0) is 4.79 Å². The molecular weight excluding hydrogens is 384 g/mol. The van der Waals surface area contributed by atoms with Crippen LogP contribution in [0.4, 0.5) is 5.69 Å². The number of nitrogens with zero attached hydrogens (tertiary/aromatic N) is 2. The molecule has 0 aromatic heterocycles. The van der Waals surface area contributed by atoms with Gasteiger partial charge in [-0.3, -0.25) is 4.79 Å². The van der Waals surface area contributed by atoms with Crippen molar-refractivity contribution in [3.05, 3.63) is 53.0 Å². The van der Waals surface area contributed by atoms with Crippen LogP contribution < -0.4 is 14.4 Å². The fraction of sp³-hybridized carbons (Fsp3) is 0.316. The van der Waals surface area contributed by atoms with Gasteiger partial charge in [-0.1, -0.05) is 12.1 Å². The normalized spacial score (nSPS) is 14.3. The quantitative estimate of drug-likeness (QED) is 0.767. The van der Waals surface area contributed by atoms with Crippen LogP contribution in [0.15, 0.2) is 53.0 Å². The van der Waals surface area contributed by atoms with Crippen LogP contribution in [0.5, 0.6) is 11.5 Å². The van der Waals surface area contributed by atoms with Gasteiger partial charge in [0.1, 0.15) is 11.5 Å². The van der Waals surface area contributed by atoms with Crippen molar-refractivity contribution < 1.29 is 14.3 Å². The van der Waals surface area contributed by atoms with E-state index in [1.807, 2.05) is 53.4 Å². The Morgan fingerprint density at radius 1 is 1.04 bits per heavy atom. The van der Waals surface area contributed by atoms with Crippen molar-refractivity contribution in [1.29, 1.82) is 0 Å². The van der Waals surface area contributed by atoms with Crippen molar-refractivity contribution in [2.24, 2.45) is 0 Å². The summed E-state index contributed by atoms with van der Waals surface area (Å²) in [5.74, 6) is 1.56. The van der Waals surface area contributed by atoms with Crippen LogP contribution in [0.1, 0.15) is 0 Å². The first-order valence-corrected chi connectivity index (χ1v) is 9.01. The first-order valence-electron chi connectivity index (χ1n) is 8.21. The zero-order valence-corrected chi connectivity index (χ0v) is 15.7. The van der Waals surface area contributed by atoms with Crippen molar-refractivity contribution in [2.45, 2.75) is 0 Å². The number of carbonyl (C=O) groups excluding carboxylic acids is 1. The third kappa shape index (κ3) is 4.45. The lowest BCUT2D eigenvalue weighted by molar-refractivity contribution is -0.133. The van der Waals surface area contributed by atoms with E-state index in [2.05, 4.69) is 20.8 Å². The highest BCUT2D eigenvalue weighted by atomic mass is 79.9. The molecule has 3 rings (SSSR count). The van der Waals surface area contributed by atoms with E-state index in [1.54, 1.807) is 7.11 Å². The molecule has 2 aromatic rings. The molecule has 0 unspecified atom stereocenters. The molecule has 2 aromatic carbocycles. The number of anilines is 1. The minimum atomic E-state index is 0.0186. The third-order valence-electron chi connectivity index (χ3n) is 4.26. The predicted octanol–water partition coefficient (Wildman–Crippen LogP) is 3.19. The lowest BCUT2D eigenvalue weighted by atomic mass is 10.2. The Bertz CT molecular complexity index is 713. The summed E-state index contributed by atoms with van der Waals surface area (Å²) in [7, 11) is 1.66. The van der Waals surface area contributed by atoms with E-state index >= 15 is 0 Å². The first-order chi connectivity index (χ1) is 12.2. The molecule has 1 aliphatic rings. The lowest BCUT2D eigenvalue weighted by Gasteiger charge is -2.36. The zero-order valence-electron chi connectivity index (χ0n) is 14.2. The predicted molar refractivity (Wildman–Crippen MR) is 101 cm³/mol. The van der Waals surface area contributed by atoms with Crippen LogP contribution >= 0.6 is 15.9 Å². The zero-order chi connectivity index (χ0) is 17.6. The van der Waals surface area contributed by atoms with E-state index in [0.29, 0.717) is 18.8 Å². The molecule has 0 aliphatic carbocycles. The Balaban J connectivity index is 1.49. The molecule has 0 radical (unpaired) electrons. The van der Waals surface area contributed by atoms with E-state index in [1.165, 1.54) is 0 Å². The number of para-hydroxylation sites is 1. The van der Waals surface area contributed by atoms with Gasteiger partial charge in [0.05, 0.1) is 11.6 Å². The Morgan fingerprint density at radius 3 is 2.36 bits per heavy atom. The second kappa shape index (κ2) is 8.25. The fourth-order valence-corrected chi connectivity index (χ4v) is 3.20. The lowest BCUT2D eigenvalue weighted by Crippen LogP contribution is -2.50. The summed E-state index contributed by atoms with van der Waals surface area (Å²) in [5, 5.41) is 0. The first kappa shape index (κ1) is 17.6. The summed E-state index contributed by atoms with van der Waals surface area (Å²) in [6.45, 7) is 3.08. The summed E-state index contributed by atoms with van der Waals surface area (Å²) in [4.78, 5) is 16.5. The monoisotopic (exact) mass is 404 g/mol. The van der Waals surface area contributed by atoms with Crippen molar-refractivity contribution in [2.75, 3.05) is 44.8 Å². The molecule has 0 N–H and O–H groups in total. The number of carbonyl (C=O) groups is 1. The van der Waals surface area contributed by atoms with Crippen LogP contribution in [0.2, 0.25) is 0 Å². The molecule has 1 fully saturated rings. The minimum Gasteiger partial charge on any atom is -0.497 e. The number of hydrogen-bond donors (Lipinski definition) is 0. The molecule has 6 heteroatoms. The smallest absolute Gasteiger partial charge is 0.260 e. The van der Waals surface area contributed by atoms with E-state index in [-0.39, 0.29) is 12.5 Å². The highest BCUT2D eigenvalue weighted by molar-refractivity contribution is 9.10. The van der Waals surface area contributed by atoms with Gasteiger partial charge >= 0.3 is 0 Å². The fourth-order valence-electron chi connectivity index (χ4n) is 2.80. The van der Waals surface area contributed by atoms with E-state index in [0.717, 1.165) is 29.0 Å². The summed E-state index contributed by atoms with van der Waals surface area (Å²) >= 11 is 3.42. The van der Waals surface area contributed by atoms with Crippen molar-refractivity contribution in [3.8, 4) is 11.5 Å². The molecule has 1 saturated heterocycles. The van der Waals surface area contributed by atoms with Gasteiger partial charge in [-0.25, -0.2) is 0 Å². The number of amides is 1. The number of halogens is 1. The van der Waals surface area contributed by atoms with E-state index < -0.39 is 0 Å². The molecule has 0 saturated carbocycles. The molecule has 0 bridgehead atoms. The average molecular weight is 405 g/mol. The maximum absolute atomic E-state index is 12.4. The Kier molecular flexibility index (Phi) is 5.81. The molecule has 25 heavy (non-hydrogen) atoms. The number of ether oxygens (including phenoxy) is 2. The topological polar surface area (TPSA) is 42.0 Å². The van der Waals surface area contributed by atoms with E-state index in [4.69, 9.17) is 9.47 Å². The molecule has 1 aliphatic heterocycles. The number of rotatable bonds is 5. The summed E-state index contributed by atoms with van der Waals surface area (Å²) in [6, 6.07) is 15.6. The summed E-state index contributed by atoms with van der Waals surface area (Å²) in [6.07, 6.45) is 0. The van der Waals surface area contributed by atoms with Gasteiger partial charge in [-0.2, -0.15) is 0 Å². The van der Waals surface area contributed by atoms with Crippen molar-refractivity contribution in [1.82, 2.24) is 4.90 Å². The van der Waals surface area contributed by atoms with Gasteiger partial charge in [0, 0.05) is 31.9 Å². The number of hydrogen-bond acceptors (Lipinski definition) is 4. The highest BCUT2D eigenvalue weighted by Gasteiger charge is 2.21. The van der Waals surface area contributed by atoms with Crippen molar-refractivity contribution >= 4 is 27.5 Å². The van der Waals surface area contributed by atoms with Gasteiger partial charge < -0.3 is 19.3 Å². The largest absolute Gasteiger partial charge is 0.497 e. The van der Waals surface area contributed by atoms with Gasteiger partial charge in [0.25, 0.3) is 5.91 Å². The maximum Gasteiger partial charge on any atom is 0.260 e. The number of piperazine rings is 1. The van der Waals surface area contributed by atoms with Crippen LogP contribution in [0.3, 0.4) is 0 Å². The second-order valence-electron chi connectivity index (χ2n) is 5.78. The molecule has 132 valence electrons. The molecule has 0 atom stereocenters. The number of benzene rings is 2. The van der Waals surface area contributed by atoms with Crippen LogP contribution in [-0.4, -0.2) is 50.7 Å². The molecule has 5 nitrogen and oxygen atoms in total. The minimum absolute atomic E-state index is 0.0186. The number of methoxy groups -OCH3 is 1. The van der Waals surface area contributed by atoms with E-state index in [9.17, 15) is 4.79 Å². The van der Waals surface area contributed by atoms with Crippen LogP contribution in [0, 0.1) is 0 Å². The van der Waals surface area contributed by atoms with Crippen molar-refractivity contribution in [3.63, 3.8) is 0 Å². The summed E-state index contributed by atoms with van der Waals surface area (Å²) in [5.41, 5.74) is 1.15. The van der Waals surface area contributed by atoms with Gasteiger partial charge in [-0.05, 0) is 52.3 Å². The second-order valence-corrected chi connectivity index (χ2v) is 6.64. The maximum atomic E-state index is 12.4. The SMILES string of the molecule is COc1ccc(N2CCN(C(=O)COc3ccccc3Br)CC2)cc1. The third-order valence-corrected chi connectivity index (χ3v) is 4.91.